The van der Waals surface area contributed by atoms with Gasteiger partial charge in [0.25, 0.3) is 0 Å². The van der Waals surface area contributed by atoms with Crippen LogP contribution < -0.4 is 10.6 Å². The molecule has 0 saturated carbocycles. The summed E-state index contributed by atoms with van der Waals surface area (Å²) in [4.78, 5) is 45.4. The van der Waals surface area contributed by atoms with Crippen molar-refractivity contribution in [3.63, 3.8) is 0 Å². The van der Waals surface area contributed by atoms with E-state index in [-0.39, 0.29) is 23.8 Å². The summed E-state index contributed by atoms with van der Waals surface area (Å²) in [5.74, 6) is -0.855. The standard InChI is InChI=1S/C33H43N5O7S/c1-32(2,3)45-31(41)36-33(4,5)30(40)35-28(19-23-20-34-27-9-7-6-8-26(23)27)29(39)37-13-12-22-10-11-25(18-24(22)21-37)46(42,43)38-14-16-44-17-15-38/h6-11,18,20,28,34H,12-17,19,21H2,1-5H3,(H,35,40)(H,36,41). The fourth-order valence-electron chi connectivity index (χ4n) is 5.71. The van der Waals surface area contributed by atoms with Gasteiger partial charge in [-0.25, -0.2) is 13.2 Å². The van der Waals surface area contributed by atoms with Crippen molar-refractivity contribution in [3.05, 3.63) is 65.4 Å². The third kappa shape index (κ3) is 7.54. The lowest BCUT2D eigenvalue weighted by molar-refractivity contribution is -0.138. The molecule has 1 fully saturated rings. The third-order valence-electron chi connectivity index (χ3n) is 8.19. The molecule has 0 radical (unpaired) electrons. The first-order valence-electron chi connectivity index (χ1n) is 15.5. The maximum atomic E-state index is 14.2. The van der Waals surface area contributed by atoms with Gasteiger partial charge in [0.15, 0.2) is 0 Å². The number of carbonyl (C=O) groups excluding carboxylic acids is 3. The lowest BCUT2D eigenvalue weighted by Crippen LogP contribution is -2.60. The van der Waals surface area contributed by atoms with Crippen molar-refractivity contribution in [1.29, 1.82) is 0 Å². The molecule has 5 rings (SSSR count). The molecular weight excluding hydrogens is 610 g/mol. The van der Waals surface area contributed by atoms with Crippen LogP contribution in [0.5, 0.6) is 0 Å². The number of fused-ring (bicyclic) bond motifs is 2. The summed E-state index contributed by atoms with van der Waals surface area (Å²) in [6.07, 6.45) is 1.82. The molecule has 248 valence electrons. The summed E-state index contributed by atoms with van der Waals surface area (Å²) >= 11 is 0. The topological polar surface area (TPSA) is 150 Å². The van der Waals surface area contributed by atoms with Crippen molar-refractivity contribution in [2.75, 3.05) is 32.8 Å². The quantitative estimate of drug-likeness (QED) is 0.338. The second kappa shape index (κ2) is 13.0. The Balaban J connectivity index is 1.38. The molecule has 46 heavy (non-hydrogen) atoms. The molecule has 0 spiro atoms. The number of aromatic amines is 1. The van der Waals surface area contributed by atoms with Gasteiger partial charge in [-0.1, -0.05) is 24.3 Å². The predicted molar refractivity (Wildman–Crippen MR) is 173 cm³/mol. The van der Waals surface area contributed by atoms with E-state index in [2.05, 4.69) is 15.6 Å². The van der Waals surface area contributed by atoms with Crippen LogP contribution in [0.2, 0.25) is 0 Å². The second-order valence-electron chi connectivity index (χ2n) is 13.3. The summed E-state index contributed by atoms with van der Waals surface area (Å²) in [7, 11) is -3.71. The number of carbonyl (C=O) groups is 3. The Bertz CT molecular complexity index is 1720. The van der Waals surface area contributed by atoms with Gasteiger partial charge in [0.2, 0.25) is 21.8 Å². The molecule has 1 atom stereocenters. The zero-order valence-corrected chi connectivity index (χ0v) is 27.8. The van der Waals surface area contributed by atoms with E-state index in [4.69, 9.17) is 9.47 Å². The van der Waals surface area contributed by atoms with Crippen molar-refractivity contribution in [2.45, 2.75) is 76.1 Å². The number of amides is 3. The maximum absolute atomic E-state index is 14.2. The molecule has 2 aliphatic heterocycles. The Kier molecular flexibility index (Phi) is 9.48. The largest absolute Gasteiger partial charge is 0.444 e. The Morgan fingerprint density at radius 3 is 2.43 bits per heavy atom. The summed E-state index contributed by atoms with van der Waals surface area (Å²) in [5.41, 5.74) is 1.34. The minimum atomic E-state index is -3.71. The molecule has 2 aliphatic rings. The number of para-hydroxylation sites is 1. The first-order chi connectivity index (χ1) is 21.6. The van der Waals surface area contributed by atoms with Crippen LogP contribution in [0.4, 0.5) is 4.79 Å². The number of hydrogen-bond acceptors (Lipinski definition) is 7. The van der Waals surface area contributed by atoms with Crippen LogP contribution in [-0.4, -0.2) is 90.5 Å². The van der Waals surface area contributed by atoms with E-state index in [1.807, 2.05) is 36.5 Å². The van der Waals surface area contributed by atoms with Gasteiger partial charge >= 0.3 is 6.09 Å². The SMILES string of the molecule is CC(C)(C)OC(=O)NC(C)(C)C(=O)NC(Cc1c[nH]c2ccccc12)C(=O)N1CCc2ccc(S(=O)(=O)N3CCOCC3)cc2C1. The van der Waals surface area contributed by atoms with Crippen LogP contribution in [0.15, 0.2) is 53.6 Å². The van der Waals surface area contributed by atoms with E-state index in [1.54, 1.807) is 51.7 Å². The monoisotopic (exact) mass is 653 g/mol. The van der Waals surface area contributed by atoms with Crippen LogP contribution in [0, 0.1) is 0 Å². The molecule has 1 saturated heterocycles. The van der Waals surface area contributed by atoms with Crippen molar-refractivity contribution >= 4 is 38.8 Å². The van der Waals surface area contributed by atoms with Gasteiger partial charge in [-0.15, -0.1) is 0 Å². The summed E-state index contributed by atoms with van der Waals surface area (Å²) in [5, 5.41) is 6.44. The van der Waals surface area contributed by atoms with Gasteiger partial charge in [0, 0.05) is 49.7 Å². The number of rotatable bonds is 8. The van der Waals surface area contributed by atoms with E-state index >= 15 is 0 Å². The Labute approximate surface area is 269 Å². The van der Waals surface area contributed by atoms with Gasteiger partial charge < -0.3 is 30.0 Å². The Hall–Kier alpha value is -3.94. The van der Waals surface area contributed by atoms with Crippen molar-refractivity contribution in [1.82, 2.24) is 24.8 Å². The van der Waals surface area contributed by atoms with Gasteiger partial charge in [0.1, 0.15) is 17.2 Å². The van der Waals surface area contributed by atoms with Crippen molar-refractivity contribution < 1.29 is 32.3 Å². The number of hydrogen-bond donors (Lipinski definition) is 3. The molecule has 3 aromatic rings. The molecule has 3 N–H and O–H groups in total. The molecular formula is C33H43N5O7S. The summed E-state index contributed by atoms with van der Waals surface area (Å²) in [6.45, 7) is 10.2. The zero-order chi connectivity index (χ0) is 33.3. The number of ether oxygens (including phenoxy) is 2. The lowest BCUT2D eigenvalue weighted by atomic mass is 9.97. The van der Waals surface area contributed by atoms with Gasteiger partial charge in [-0.3, -0.25) is 9.59 Å². The molecule has 0 aliphatic carbocycles. The van der Waals surface area contributed by atoms with Crippen molar-refractivity contribution in [2.24, 2.45) is 0 Å². The van der Waals surface area contributed by atoms with E-state index in [0.29, 0.717) is 39.3 Å². The second-order valence-corrected chi connectivity index (χ2v) is 15.2. The predicted octanol–water partition coefficient (Wildman–Crippen LogP) is 3.10. The van der Waals surface area contributed by atoms with Crippen LogP contribution >= 0.6 is 0 Å². The maximum Gasteiger partial charge on any atom is 0.408 e. The Morgan fingerprint density at radius 2 is 1.72 bits per heavy atom. The number of benzene rings is 2. The highest BCUT2D eigenvalue weighted by molar-refractivity contribution is 7.89. The molecule has 2 aromatic carbocycles. The number of H-pyrrole nitrogens is 1. The highest BCUT2D eigenvalue weighted by Crippen LogP contribution is 2.27. The number of morpholine rings is 1. The highest BCUT2D eigenvalue weighted by Gasteiger charge is 2.37. The molecule has 3 amide bonds. The lowest BCUT2D eigenvalue weighted by Gasteiger charge is -2.34. The zero-order valence-electron chi connectivity index (χ0n) is 27.0. The minimum absolute atomic E-state index is 0.182. The average molecular weight is 654 g/mol. The molecule has 13 heteroatoms. The fourth-order valence-corrected chi connectivity index (χ4v) is 7.17. The summed E-state index contributed by atoms with van der Waals surface area (Å²) in [6, 6.07) is 11.8. The van der Waals surface area contributed by atoms with E-state index in [1.165, 1.54) is 4.31 Å². The van der Waals surface area contributed by atoms with Gasteiger partial charge in [0.05, 0.1) is 18.1 Å². The van der Waals surface area contributed by atoms with E-state index in [9.17, 15) is 22.8 Å². The molecule has 0 bridgehead atoms. The summed E-state index contributed by atoms with van der Waals surface area (Å²) < 4.78 is 38.8. The van der Waals surface area contributed by atoms with Crippen LogP contribution in [-0.2, 0) is 48.5 Å². The minimum Gasteiger partial charge on any atom is -0.444 e. The van der Waals surface area contributed by atoms with E-state index < -0.39 is 39.2 Å². The fraction of sp³-hybridized carbons (Fsp3) is 0.485. The number of sulfonamides is 1. The Morgan fingerprint density at radius 1 is 1.00 bits per heavy atom. The smallest absolute Gasteiger partial charge is 0.408 e. The molecule has 12 nitrogen and oxygen atoms in total. The normalized spacial score (nSPS) is 16.8. The highest BCUT2D eigenvalue weighted by atomic mass is 32.2. The molecule has 3 heterocycles. The molecule has 1 aromatic heterocycles. The molecule has 1 unspecified atom stereocenters. The first kappa shape index (κ1) is 33.4. The first-order valence-corrected chi connectivity index (χ1v) is 16.9. The average Bonchev–Trinajstić information content (AvgIpc) is 3.41. The third-order valence-corrected chi connectivity index (χ3v) is 10.1. The van der Waals surface area contributed by atoms with E-state index in [0.717, 1.165) is 27.6 Å². The number of nitrogens with one attached hydrogen (secondary N) is 3. The number of aromatic nitrogens is 1. The van der Waals surface area contributed by atoms with Crippen LogP contribution in [0.1, 0.15) is 51.3 Å². The van der Waals surface area contributed by atoms with Gasteiger partial charge in [-0.05, 0) is 75.9 Å². The number of alkyl carbamates (subject to hydrolysis) is 1. The van der Waals surface area contributed by atoms with Gasteiger partial charge in [-0.2, -0.15) is 4.31 Å². The van der Waals surface area contributed by atoms with Crippen molar-refractivity contribution in [3.8, 4) is 0 Å². The van der Waals surface area contributed by atoms with Crippen LogP contribution in [0.3, 0.4) is 0 Å². The van der Waals surface area contributed by atoms with Crippen LogP contribution in [0.25, 0.3) is 10.9 Å². The number of nitrogens with zero attached hydrogens (tertiary/aromatic N) is 2.